The number of rotatable bonds is 5. The van der Waals surface area contributed by atoms with Crippen LogP contribution in [0.4, 0.5) is 11.6 Å². The van der Waals surface area contributed by atoms with Gasteiger partial charge in [0, 0.05) is 19.8 Å². The normalized spacial score (nSPS) is 11.4. The Bertz CT molecular complexity index is 839. The van der Waals surface area contributed by atoms with Gasteiger partial charge in [0.2, 0.25) is 10.0 Å². The molecule has 0 aliphatic carbocycles. The predicted octanol–water partition coefficient (Wildman–Crippen LogP) is 1.69. The lowest BCUT2D eigenvalue weighted by Crippen LogP contribution is -2.22. The Balaban J connectivity index is 2.14. The zero-order chi connectivity index (χ0) is 17.2. The minimum Gasteiger partial charge on any atom is -0.395 e. The molecule has 122 valence electrons. The van der Waals surface area contributed by atoms with Crippen molar-refractivity contribution in [3.05, 3.63) is 52.3 Å². The quantitative estimate of drug-likeness (QED) is 0.653. The third kappa shape index (κ3) is 3.55. The fourth-order valence-corrected chi connectivity index (χ4v) is 2.56. The number of benzene rings is 1. The van der Waals surface area contributed by atoms with E-state index in [9.17, 15) is 23.3 Å². The molecule has 1 aromatic heterocycles. The fraction of sp³-hybridized carbons (Fsp3) is 0.154. The van der Waals surface area contributed by atoms with E-state index in [0.29, 0.717) is 5.69 Å². The third-order valence-electron chi connectivity index (χ3n) is 2.89. The summed E-state index contributed by atoms with van der Waals surface area (Å²) in [5.74, 6) is -1.44. The number of hydrogen-bond acceptors (Lipinski definition) is 6. The van der Waals surface area contributed by atoms with E-state index in [2.05, 4.69) is 5.32 Å². The van der Waals surface area contributed by atoms with Crippen molar-refractivity contribution >= 4 is 27.5 Å². The predicted molar refractivity (Wildman–Crippen MR) is 80.6 cm³/mol. The molecule has 2 aromatic rings. The molecule has 0 aliphatic heterocycles. The molecule has 0 fully saturated rings. The van der Waals surface area contributed by atoms with Crippen LogP contribution in [0, 0.1) is 10.1 Å². The van der Waals surface area contributed by atoms with Gasteiger partial charge in [0.15, 0.2) is 5.76 Å². The maximum absolute atomic E-state index is 11.9. The number of sulfonamides is 1. The van der Waals surface area contributed by atoms with Crippen LogP contribution in [0.2, 0.25) is 0 Å². The number of carbonyl (C=O) groups excluding carboxylic acids is 1. The van der Waals surface area contributed by atoms with E-state index in [1.807, 2.05) is 0 Å². The van der Waals surface area contributed by atoms with E-state index in [1.54, 1.807) is 0 Å². The van der Waals surface area contributed by atoms with Gasteiger partial charge >= 0.3 is 5.88 Å². The average molecular weight is 339 g/mol. The maximum atomic E-state index is 11.9. The molecule has 23 heavy (non-hydrogen) atoms. The van der Waals surface area contributed by atoms with Gasteiger partial charge in [0.05, 0.1) is 11.0 Å². The first kappa shape index (κ1) is 16.6. The highest BCUT2D eigenvalue weighted by molar-refractivity contribution is 7.89. The van der Waals surface area contributed by atoms with Gasteiger partial charge < -0.3 is 9.73 Å². The van der Waals surface area contributed by atoms with Crippen molar-refractivity contribution in [2.24, 2.45) is 0 Å². The number of nitrogens with zero attached hydrogens (tertiary/aromatic N) is 2. The largest absolute Gasteiger partial charge is 0.433 e. The van der Waals surface area contributed by atoms with Gasteiger partial charge in [-0.25, -0.2) is 12.7 Å². The molecule has 10 heteroatoms. The van der Waals surface area contributed by atoms with Crippen LogP contribution >= 0.6 is 0 Å². The summed E-state index contributed by atoms with van der Waals surface area (Å²) in [6, 6.07) is 7.75. The minimum atomic E-state index is -3.55. The molecule has 1 heterocycles. The number of hydrogen-bond donors (Lipinski definition) is 1. The number of carbonyl (C=O) groups is 1. The van der Waals surface area contributed by atoms with Crippen LogP contribution in [0.5, 0.6) is 0 Å². The highest BCUT2D eigenvalue weighted by Crippen LogP contribution is 2.19. The molecule has 0 aliphatic rings. The number of nitro groups is 1. The highest BCUT2D eigenvalue weighted by Gasteiger charge is 2.19. The van der Waals surface area contributed by atoms with Gasteiger partial charge in [-0.2, -0.15) is 0 Å². The van der Waals surface area contributed by atoms with Gasteiger partial charge in [-0.15, -0.1) is 0 Å². The minimum absolute atomic E-state index is 0.0779. The van der Waals surface area contributed by atoms with Crippen LogP contribution < -0.4 is 5.32 Å². The molecule has 0 atom stereocenters. The number of furan rings is 1. The monoisotopic (exact) mass is 339 g/mol. The van der Waals surface area contributed by atoms with Gasteiger partial charge in [0.25, 0.3) is 5.91 Å². The summed E-state index contributed by atoms with van der Waals surface area (Å²) in [5, 5.41) is 13.0. The van der Waals surface area contributed by atoms with Crippen molar-refractivity contribution in [2.45, 2.75) is 4.90 Å². The van der Waals surface area contributed by atoms with Crippen LogP contribution in [-0.4, -0.2) is 37.6 Å². The van der Waals surface area contributed by atoms with Gasteiger partial charge in [-0.05, 0) is 30.3 Å². The van der Waals surface area contributed by atoms with Gasteiger partial charge in [-0.3, -0.25) is 14.9 Å². The number of amides is 1. The lowest BCUT2D eigenvalue weighted by Gasteiger charge is -2.11. The second-order valence-electron chi connectivity index (χ2n) is 4.66. The highest BCUT2D eigenvalue weighted by atomic mass is 32.2. The van der Waals surface area contributed by atoms with Crippen molar-refractivity contribution in [3.8, 4) is 0 Å². The summed E-state index contributed by atoms with van der Waals surface area (Å²) < 4.78 is 29.7. The first-order chi connectivity index (χ1) is 10.7. The summed E-state index contributed by atoms with van der Waals surface area (Å²) in [7, 11) is -0.730. The standard InChI is InChI=1S/C13H13N3O6S/c1-15(2)23(20,21)10-5-3-9(4-6-10)14-13(17)11-7-8-12(22-11)16(18)19/h3-8H,1-2H3,(H,14,17). The van der Waals surface area contributed by atoms with Crippen molar-refractivity contribution in [3.63, 3.8) is 0 Å². The molecule has 9 nitrogen and oxygen atoms in total. The van der Waals surface area contributed by atoms with E-state index in [1.165, 1.54) is 44.4 Å². The Morgan fingerprint density at radius 2 is 1.78 bits per heavy atom. The number of nitrogens with one attached hydrogen (secondary N) is 1. The summed E-state index contributed by atoms with van der Waals surface area (Å²) in [4.78, 5) is 21.7. The Morgan fingerprint density at radius 3 is 2.26 bits per heavy atom. The van der Waals surface area contributed by atoms with Crippen LogP contribution in [0.15, 0.2) is 45.7 Å². The Morgan fingerprint density at radius 1 is 1.17 bits per heavy atom. The average Bonchev–Trinajstić information content (AvgIpc) is 2.97. The second kappa shape index (κ2) is 6.18. The molecule has 0 bridgehead atoms. The van der Waals surface area contributed by atoms with Crippen LogP contribution in [0.1, 0.15) is 10.6 Å². The molecule has 0 spiro atoms. The first-order valence-corrected chi connectivity index (χ1v) is 7.74. The zero-order valence-corrected chi connectivity index (χ0v) is 13.0. The van der Waals surface area contributed by atoms with Gasteiger partial charge in [-0.1, -0.05) is 0 Å². The molecule has 2 rings (SSSR count). The topological polar surface area (TPSA) is 123 Å². The molecule has 0 radical (unpaired) electrons. The lowest BCUT2D eigenvalue weighted by molar-refractivity contribution is -0.402. The smallest absolute Gasteiger partial charge is 0.395 e. The van der Waals surface area contributed by atoms with Crippen LogP contribution in [0.3, 0.4) is 0 Å². The van der Waals surface area contributed by atoms with Crippen molar-refractivity contribution < 1.29 is 22.6 Å². The van der Waals surface area contributed by atoms with Gasteiger partial charge in [0.1, 0.15) is 4.92 Å². The number of anilines is 1. The van der Waals surface area contributed by atoms with Crippen LogP contribution in [0.25, 0.3) is 0 Å². The van der Waals surface area contributed by atoms with E-state index in [4.69, 9.17) is 4.42 Å². The maximum Gasteiger partial charge on any atom is 0.433 e. The third-order valence-corrected chi connectivity index (χ3v) is 4.72. The van der Waals surface area contributed by atoms with E-state index in [0.717, 1.165) is 10.4 Å². The summed E-state index contributed by atoms with van der Waals surface area (Å²) >= 11 is 0. The molecule has 0 saturated carbocycles. The van der Waals surface area contributed by atoms with Crippen LogP contribution in [-0.2, 0) is 10.0 Å². The summed E-state index contributed by atoms with van der Waals surface area (Å²) in [5.41, 5.74) is 0.326. The van der Waals surface area contributed by atoms with E-state index >= 15 is 0 Å². The molecular formula is C13H13N3O6S. The Labute approximate surface area is 131 Å². The fourth-order valence-electron chi connectivity index (χ4n) is 1.66. The molecule has 0 saturated heterocycles. The van der Waals surface area contributed by atoms with E-state index in [-0.39, 0.29) is 10.7 Å². The summed E-state index contributed by atoms with van der Waals surface area (Å²) in [6.45, 7) is 0. The first-order valence-electron chi connectivity index (χ1n) is 6.30. The molecule has 1 amide bonds. The zero-order valence-electron chi connectivity index (χ0n) is 12.2. The Hall–Kier alpha value is -2.72. The summed E-state index contributed by atoms with van der Waals surface area (Å²) in [6.07, 6.45) is 0. The molecular weight excluding hydrogens is 326 g/mol. The second-order valence-corrected chi connectivity index (χ2v) is 6.81. The SMILES string of the molecule is CN(C)S(=O)(=O)c1ccc(NC(=O)c2ccc([N+](=O)[O-])o2)cc1. The molecule has 1 N–H and O–H groups in total. The molecule has 0 unspecified atom stereocenters. The van der Waals surface area contributed by atoms with Crippen molar-refractivity contribution in [1.29, 1.82) is 0 Å². The Kier molecular flexibility index (Phi) is 4.48. The molecule has 1 aromatic carbocycles. The van der Waals surface area contributed by atoms with Crippen molar-refractivity contribution in [1.82, 2.24) is 4.31 Å². The lowest BCUT2D eigenvalue weighted by atomic mass is 10.3. The van der Waals surface area contributed by atoms with Crippen molar-refractivity contribution in [2.75, 3.05) is 19.4 Å². The van der Waals surface area contributed by atoms with E-state index < -0.39 is 26.7 Å².